The van der Waals surface area contributed by atoms with Gasteiger partial charge in [0.25, 0.3) is 0 Å². The van der Waals surface area contributed by atoms with Crippen LogP contribution in [0.2, 0.25) is 0 Å². The Morgan fingerprint density at radius 2 is 1.91 bits per heavy atom. The Bertz CT molecular complexity index is 848. The van der Waals surface area contributed by atoms with E-state index in [0.717, 1.165) is 33.3 Å². The fourth-order valence-corrected chi connectivity index (χ4v) is 2.93. The maximum absolute atomic E-state index is 12.8. The molecule has 0 bridgehead atoms. The van der Waals surface area contributed by atoms with Gasteiger partial charge in [-0.3, -0.25) is 4.79 Å². The number of carbonyl (C=O) groups is 1. The highest BCUT2D eigenvalue weighted by molar-refractivity contribution is 5.97. The predicted molar refractivity (Wildman–Crippen MR) is 93.9 cm³/mol. The molecule has 0 aliphatic rings. The van der Waals surface area contributed by atoms with Gasteiger partial charge in [-0.15, -0.1) is 0 Å². The molecule has 0 radical (unpaired) electrons. The number of amides is 1. The summed E-state index contributed by atoms with van der Waals surface area (Å²) in [6, 6.07) is 14.1. The quantitative estimate of drug-likeness (QED) is 0.703. The zero-order chi connectivity index (χ0) is 16.4. The van der Waals surface area contributed by atoms with Crippen LogP contribution in [-0.2, 0) is 11.2 Å². The molecule has 0 aliphatic heterocycles. The Kier molecular flexibility index (Phi) is 4.20. The fourth-order valence-electron chi connectivity index (χ4n) is 2.93. The van der Waals surface area contributed by atoms with Crippen LogP contribution in [-0.4, -0.2) is 12.5 Å². The van der Waals surface area contributed by atoms with Crippen LogP contribution < -0.4 is 4.90 Å². The zero-order valence-corrected chi connectivity index (χ0v) is 13.8. The second-order valence-electron chi connectivity index (χ2n) is 5.86. The first-order valence-electron chi connectivity index (χ1n) is 7.93. The molecule has 0 saturated heterocycles. The van der Waals surface area contributed by atoms with Crippen molar-refractivity contribution in [3.8, 4) is 0 Å². The number of para-hydroxylation sites is 1. The van der Waals surface area contributed by atoms with Crippen molar-refractivity contribution in [3.05, 3.63) is 65.4 Å². The number of aryl methyl sites for hydroxylation is 2. The SMILES string of the molecule is CCN(C(=O)Cc1coc2cc(C)ccc12)c1ccccc1C. The minimum atomic E-state index is 0.0880. The normalized spacial score (nSPS) is 10.9. The van der Waals surface area contributed by atoms with E-state index >= 15 is 0 Å². The molecule has 1 amide bonds. The molecule has 23 heavy (non-hydrogen) atoms. The summed E-state index contributed by atoms with van der Waals surface area (Å²) in [5.41, 5.74) is 5.02. The third kappa shape index (κ3) is 3.00. The number of hydrogen-bond donors (Lipinski definition) is 0. The maximum atomic E-state index is 12.8. The molecule has 118 valence electrons. The Morgan fingerprint density at radius 1 is 1.13 bits per heavy atom. The molecule has 2 aromatic carbocycles. The smallest absolute Gasteiger partial charge is 0.231 e. The molecule has 3 heteroatoms. The van der Waals surface area contributed by atoms with Crippen LogP contribution in [0.5, 0.6) is 0 Å². The van der Waals surface area contributed by atoms with E-state index in [4.69, 9.17) is 4.42 Å². The number of fused-ring (bicyclic) bond motifs is 1. The van der Waals surface area contributed by atoms with Gasteiger partial charge in [-0.1, -0.05) is 30.3 Å². The zero-order valence-electron chi connectivity index (χ0n) is 13.8. The van der Waals surface area contributed by atoms with Gasteiger partial charge < -0.3 is 9.32 Å². The van der Waals surface area contributed by atoms with E-state index in [1.54, 1.807) is 6.26 Å². The standard InChI is InChI=1S/C20H21NO2/c1-4-21(18-8-6-5-7-15(18)3)20(22)12-16-13-23-19-11-14(2)9-10-17(16)19/h5-11,13H,4,12H2,1-3H3. The molecule has 1 aromatic heterocycles. The van der Waals surface area contributed by atoms with Gasteiger partial charge in [-0.2, -0.15) is 0 Å². The molecule has 0 atom stereocenters. The predicted octanol–water partition coefficient (Wildman–Crippen LogP) is 4.65. The minimum Gasteiger partial charge on any atom is -0.464 e. The van der Waals surface area contributed by atoms with Crippen molar-refractivity contribution in [2.24, 2.45) is 0 Å². The molecular formula is C20H21NO2. The Balaban J connectivity index is 1.88. The van der Waals surface area contributed by atoms with Gasteiger partial charge in [0, 0.05) is 23.2 Å². The highest BCUT2D eigenvalue weighted by atomic mass is 16.3. The lowest BCUT2D eigenvalue weighted by Crippen LogP contribution is -2.32. The van der Waals surface area contributed by atoms with Crippen LogP contribution in [0.3, 0.4) is 0 Å². The monoisotopic (exact) mass is 307 g/mol. The van der Waals surface area contributed by atoms with Crippen LogP contribution in [0.4, 0.5) is 5.69 Å². The summed E-state index contributed by atoms with van der Waals surface area (Å²) >= 11 is 0. The third-order valence-electron chi connectivity index (χ3n) is 4.18. The molecule has 0 N–H and O–H groups in total. The van der Waals surface area contributed by atoms with E-state index in [0.29, 0.717) is 13.0 Å². The highest BCUT2D eigenvalue weighted by Crippen LogP contribution is 2.25. The number of furan rings is 1. The molecular weight excluding hydrogens is 286 g/mol. The van der Waals surface area contributed by atoms with Crippen molar-refractivity contribution >= 4 is 22.6 Å². The van der Waals surface area contributed by atoms with E-state index < -0.39 is 0 Å². The highest BCUT2D eigenvalue weighted by Gasteiger charge is 2.18. The molecule has 3 aromatic rings. The number of nitrogens with zero attached hydrogens (tertiary/aromatic N) is 1. The van der Waals surface area contributed by atoms with Crippen LogP contribution in [0.25, 0.3) is 11.0 Å². The lowest BCUT2D eigenvalue weighted by molar-refractivity contribution is -0.117. The second-order valence-corrected chi connectivity index (χ2v) is 5.86. The largest absolute Gasteiger partial charge is 0.464 e. The van der Waals surface area contributed by atoms with Gasteiger partial charge in [0.15, 0.2) is 0 Å². The van der Waals surface area contributed by atoms with Crippen molar-refractivity contribution in [2.45, 2.75) is 27.2 Å². The van der Waals surface area contributed by atoms with E-state index in [9.17, 15) is 4.79 Å². The summed E-state index contributed by atoms with van der Waals surface area (Å²) in [5, 5.41) is 1.02. The van der Waals surface area contributed by atoms with Gasteiger partial charge in [0.2, 0.25) is 5.91 Å². The average molecular weight is 307 g/mol. The lowest BCUT2D eigenvalue weighted by atomic mass is 10.1. The van der Waals surface area contributed by atoms with Gasteiger partial charge in [0.1, 0.15) is 5.58 Å². The molecule has 0 unspecified atom stereocenters. The van der Waals surface area contributed by atoms with Crippen molar-refractivity contribution in [2.75, 3.05) is 11.4 Å². The topological polar surface area (TPSA) is 33.5 Å². The molecule has 3 nitrogen and oxygen atoms in total. The van der Waals surface area contributed by atoms with Crippen molar-refractivity contribution < 1.29 is 9.21 Å². The van der Waals surface area contributed by atoms with Gasteiger partial charge in [-0.25, -0.2) is 0 Å². The molecule has 3 rings (SSSR count). The average Bonchev–Trinajstić information content (AvgIpc) is 2.92. The first-order chi connectivity index (χ1) is 11.1. The summed E-state index contributed by atoms with van der Waals surface area (Å²) in [7, 11) is 0. The van der Waals surface area contributed by atoms with Crippen LogP contribution in [0, 0.1) is 13.8 Å². The Labute approximate surface area is 136 Å². The number of carbonyl (C=O) groups excluding carboxylic acids is 1. The van der Waals surface area contributed by atoms with E-state index in [2.05, 4.69) is 0 Å². The van der Waals surface area contributed by atoms with Gasteiger partial charge in [-0.05, 0) is 44.0 Å². The Hall–Kier alpha value is -2.55. The van der Waals surface area contributed by atoms with Crippen molar-refractivity contribution in [3.63, 3.8) is 0 Å². The number of anilines is 1. The third-order valence-corrected chi connectivity index (χ3v) is 4.18. The van der Waals surface area contributed by atoms with E-state index in [1.807, 2.05) is 68.1 Å². The fraction of sp³-hybridized carbons (Fsp3) is 0.250. The summed E-state index contributed by atoms with van der Waals surface area (Å²) in [6.07, 6.45) is 2.05. The van der Waals surface area contributed by atoms with Crippen molar-refractivity contribution in [1.29, 1.82) is 0 Å². The van der Waals surface area contributed by atoms with Gasteiger partial charge in [0.05, 0.1) is 12.7 Å². The number of benzene rings is 2. The molecule has 0 aliphatic carbocycles. The van der Waals surface area contributed by atoms with Crippen LogP contribution in [0.1, 0.15) is 23.6 Å². The second kappa shape index (κ2) is 6.29. The summed E-state index contributed by atoms with van der Waals surface area (Å²) in [4.78, 5) is 14.6. The van der Waals surface area contributed by atoms with E-state index in [1.165, 1.54) is 0 Å². The number of likely N-dealkylation sites (N-methyl/N-ethyl adjacent to an activating group) is 1. The van der Waals surface area contributed by atoms with E-state index in [-0.39, 0.29) is 5.91 Å². The summed E-state index contributed by atoms with van der Waals surface area (Å²) in [5.74, 6) is 0.0880. The first kappa shape index (κ1) is 15.3. The van der Waals surface area contributed by atoms with Crippen LogP contribution >= 0.6 is 0 Å². The first-order valence-corrected chi connectivity index (χ1v) is 7.93. The minimum absolute atomic E-state index is 0.0880. The molecule has 0 fully saturated rings. The van der Waals surface area contributed by atoms with Crippen LogP contribution in [0.15, 0.2) is 53.1 Å². The summed E-state index contributed by atoms with van der Waals surface area (Å²) < 4.78 is 5.60. The lowest BCUT2D eigenvalue weighted by Gasteiger charge is -2.22. The summed E-state index contributed by atoms with van der Waals surface area (Å²) in [6.45, 7) is 6.71. The number of rotatable bonds is 4. The number of hydrogen-bond acceptors (Lipinski definition) is 2. The molecule has 0 saturated carbocycles. The molecule has 0 spiro atoms. The molecule has 1 heterocycles. The van der Waals surface area contributed by atoms with Gasteiger partial charge >= 0.3 is 0 Å². The maximum Gasteiger partial charge on any atom is 0.231 e. The van der Waals surface area contributed by atoms with Crippen molar-refractivity contribution in [1.82, 2.24) is 0 Å². The Morgan fingerprint density at radius 3 is 2.65 bits per heavy atom.